The summed E-state index contributed by atoms with van der Waals surface area (Å²) in [6.07, 6.45) is 39.7. The van der Waals surface area contributed by atoms with Gasteiger partial charge in [-0.25, -0.2) is 64.6 Å². The van der Waals surface area contributed by atoms with Crippen molar-refractivity contribution >= 4 is 73.5 Å². The summed E-state index contributed by atoms with van der Waals surface area (Å²) in [5, 5.41) is 17.1. The van der Waals surface area contributed by atoms with Crippen LogP contribution in [0.25, 0.3) is 148 Å². The number of carboxylic acid groups (broad SMARTS) is 1. The van der Waals surface area contributed by atoms with E-state index < -0.39 is 23.7 Å². The molecule has 0 radical (unpaired) electrons. The van der Waals surface area contributed by atoms with Crippen LogP contribution in [0.4, 0.5) is 0 Å². The van der Waals surface area contributed by atoms with Crippen molar-refractivity contribution in [1.82, 2.24) is 135 Å². The van der Waals surface area contributed by atoms with Crippen LogP contribution < -0.4 is 17.2 Å². The van der Waals surface area contributed by atoms with Gasteiger partial charge in [0.05, 0.1) is 136 Å². The average molecular weight is 1910 g/mol. The van der Waals surface area contributed by atoms with E-state index in [1.54, 1.807) is 92.1 Å². The number of carbonyl (C=O) groups excluding carboxylic acids is 3. The van der Waals surface area contributed by atoms with Crippen LogP contribution in [-0.4, -0.2) is 164 Å². The minimum Gasteiger partial charge on any atom is -0.477 e. The number of aromatic carboxylic acids is 1. The predicted octanol–water partition coefficient (Wildman–Crippen LogP) is 16.0. The van der Waals surface area contributed by atoms with Crippen molar-refractivity contribution in [2.45, 2.75) is 41.5 Å². The molecule has 0 fully saturated rings. The number of rotatable bonds is 16. The van der Waals surface area contributed by atoms with Gasteiger partial charge >= 0.3 is 5.97 Å². The Morgan fingerprint density at radius 3 is 1.05 bits per heavy atom. The molecule has 0 aliphatic rings. The number of nitrogens with zero attached hydrogens (tertiary/aromatic N) is 28. The van der Waals surface area contributed by atoms with E-state index in [4.69, 9.17) is 26.2 Å². The van der Waals surface area contributed by atoms with Gasteiger partial charge in [-0.3, -0.25) is 74.6 Å². The molecule has 0 aromatic carbocycles. The number of halogens is 1. The molecule has 0 aliphatic carbocycles. The highest BCUT2D eigenvalue weighted by Gasteiger charge is 2.23. The molecule has 0 saturated heterocycles. The largest absolute Gasteiger partial charge is 0.477 e. The standard InChI is InChI=1S/3C17H14N6O.C17H13N5O2.C16H11BrN4O.C16H12N4O/c2*1-11-3-2-4-13(21-11)14-7-19-10-23(14)12-5-6-16-20-8-15(17(18)24)22(16)9-12;1-11-3-2-4-13(21-11)17-19-7-8-22(17)12-5-6-15-20-9-14(16(18)24)23(15)10-12;1-11-3-2-4-13(20-11)16-18-7-8-21(16)12-5-6-15-19-9-14(17(23)24)22(15)10-12;1-10-3-2-4-13(20-10)12-7-19-22-16(12)11-5-6-15-18-8-14(17)21(15)9-11;1-11-3-2-4-14(19-11)13-9-18-21-16(13)12-5-6-15-17-7-8-20(15)10-12/h3*2-10H,1H3,(H2,18,24);2-10H,1H3,(H,23,24);2-9H,1H3;2-10H,1H3. The first kappa shape index (κ1) is 88.9. The summed E-state index contributed by atoms with van der Waals surface area (Å²) in [5.74, 6) is 0.228. The molecule has 0 saturated carbocycles. The number of imidazole rings is 10. The van der Waals surface area contributed by atoms with E-state index in [1.165, 1.54) is 24.8 Å². The highest BCUT2D eigenvalue weighted by atomic mass is 79.9. The Bertz CT molecular complexity index is 8050. The molecule has 0 aliphatic heterocycles. The van der Waals surface area contributed by atoms with Crippen molar-refractivity contribution in [3.05, 3.63) is 386 Å². The molecule has 0 spiro atoms. The van der Waals surface area contributed by atoms with Gasteiger partial charge in [0.1, 0.15) is 67.0 Å². The number of aromatic nitrogens is 28. The van der Waals surface area contributed by atoms with E-state index >= 15 is 0 Å². The third-order valence-corrected chi connectivity index (χ3v) is 22.6. The zero-order valence-electron chi connectivity index (χ0n) is 74.6. The summed E-state index contributed by atoms with van der Waals surface area (Å²) in [6.45, 7) is 11.7. The van der Waals surface area contributed by atoms with Crippen LogP contribution in [0, 0.1) is 41.5 Å². The van der Waals surface area contributed by atoms with E-state index in [0.29, 0.717) is 57.0 Å². The fraction of sp³-hybridized carbons (Fsp3) is 0.0600. The molecular weight excluding hydrogens is 1830 g/mol. The number of hydrogen-bond donors (Lipinski definition) is 4. The van der Waals surface area contributed by atoms with Gasteiger partial charge in [0.15, 0.2) is 28.9 Å². The van der Waals surface area contributed by atoms with E-state index in [0.717, 1.165) is 146 Å². The number of pyridine rings is 12. The van der Waals surface area contributed by atoms with Crippen LogP contribution in [0.15, 0.2) is 338 Å². The predicted molar refractivity (Wildman–Crippen MR) is 519 cm³/mol. The fourth-order valence-electron chi connectivity index (χ4n) is 15.4. The van der Waals surface area contributed by atoms with E-state index in [9.17, 15) is 24.3 Å². The van der Waals surface area contributed by atoms with Crippen molar-refractivity contribution in [3.8, 4) is 114 Å². The van der Waals surface area contributed by atoms with Crippen LogP contribution in [0.2, 0.25) is 0 Å². The van der Waals surface area contributed by atoms with Crippen LogP contribution in [0.5, 0.6) is 0 Å². The number of carboxylic acids is 1. The van der Waals surface area contributed by atoms with Crippen molar-refractivity contribution in [3.63, 3.8) is 0 Å². The van der Waals surface area contributed by atoms with Gasteiger partial charge in [0.25, 0.3) is 17.7 Å². The number of aryl methyl sites for hydroxylation is 6. The van der Waals surface area contributed by atoms with Gasteiger partial charge in [-0.1, -0.05) is 46.7 Å². The van der Waals surface area contributed by atoms with E-state index in [-0.39, 0.29) is 5.69 Å². The van der Waals surface area contributed by atoms with E-state index in [2.05, 4.69) is 106 Å². The molecule has 24 rings (SSSR count). The molecule has 139 heavy (non-hydrogen) atoms. The number of primary amides is 3. The number of nitrogens with two attached hydrogens (primary N) is 3. The quantitative estimate of drug-likeness (QED) is 0.0698. The van der Waals surface area contributed by atoms with Crippen LogP contribution in [0.1, 0.15) is 76.1 Å². The van der Waals surface area contributed by atoms with Crippen molar-refractivity contribution in [2.24, 2.45) is 17.2 Å². The molecule has 0 atom stereocenters. The molecular formula is C100H78BrN31O7. The zero-order valence-corrected chi connectivity index (χ0v) is 76.2. The average Bonchev–Trinajstić information content (AvgIpc) is 1.62. The fourth-order valence-corrected chi connectivity index (χ4v) is 15.8. The third-order valence-electron chi connectivity index (χ3n) is 22.0. The first-order valence-corrected chi connectivity index (χ1v) is 43.6. The van der Waals surface area contributed by atoms with Gasteiger partial charge in [0, 0.05) is 120 Å². The molecule has 24 heterocycles. The molecule has 682 valence electrons. The van der Waals surface area contributed by atoms with Crippen molar-refractivity contribution in [1.29, 1.82) is 0 Å². The first-order chi connectivity index (χ1) is 67.6. The normalized spacial score (nSPS) is 11.1. The monoisotopic (exact) mass is 1900 g/mol. The summed E-state index contributed by atoms with van der Waals surface area (Å²) in [5.41, 5.74) is 40.7. The maximum atomic E-state index is 11.5. The van der Waals surface area contributed by atoms with Crippen LogP contribution >= 0.6 is 15.9 Å². The molecule has 3 amide bonds. The van der Waals surface area contributed by atoms with Gasteiger partial charge < -0.3 is 35.8 Å². The van der Waals surface area contributed by atoms with Crippen LogP contribution in [-0.2, 0) is 0 Å². The van der Waals surface area contributed by atoms with Crippen molar-refractivity contribution < 1.29 is 33.3 Å². The second-order valence-corrected chi connectivity index (χ2v) is 32.2. The van der Waals surface area contributed by atoms with Gasteiger partial charge in [-0.05, 0) is 203 Å². The second-order valence-electron chi connectivity index (χ2n) is 31.4. The summed E-state index contributed by atoms with van der Waals surface area (Å²) < 4.78 is 29.9. The lowest BCUT2D eigenvalue weighted by Gasteiger charge is -2.09. The van der Waals surface area contributed by atoms with Gasteiger partial charge in [0.2, 0.25) is 0 Å². The second kappa shape index (κ2) is 38.5. The molecule has 7 N–H and O–H groups in total. The SMILES string of the molecule is Cc1cccc(-c2cncn2-c2ccc3ncc(C(N)=O)n3c2)n1.Cc1cccc(-c2cncn2-c2ccc3ncc(C(N)=O)n3c2)n1.Cc1cccc(-c2cnoc2-c2ccc3ncc(Br)n3c2)n1.Cc1cccc(-c2cnoc2-c2ccc3nccn3c2)n1.Cc1cccc(-c2nccn2-c2ccc3ncc(C(=O)O)n3c2)n1.Cc1cccc(-c2nccn2-c2ccc3ncc(C(N)=O)n3c2)n1. The minimum absolute atomic E-state index is 0.113. The Labute approximate surface area is 795 Å². The smallest absolute Gasteiger partial charge is 0.354 e. The van der Waals surface area contributed by atoms with Crippen LogP contribution in [0.3, 0.4) is 0 Å². The summed E-state index contributed by atoms with van der Waals surface area (Å²) >= 11 is 3.48. The summed E-state index contributed by atoms with van der Waals surface area (Å²) in [4.78, 5) is 116. The molecule has 38 nitrogen and oxygen atoms in total. The van der Waals surface area contributed by atoms with Crippen molar-refractivity contribution in [2.75, 3.05) is 0 Å². The number of amides is 3. The maximum Gasteiger partial charge on any atom is 0.354 e. The van der Waals surface area contributed by atoms with Gasteiger partial charge in [-0.15, -0.1) is 0 Å². The number of carbonyl (C=O) groups is 4. The molecule has 39 heteroatoms. The Balaban J connectivity index is 0.000000106. The highest BCUT2D eigenvalue weighted by Crippen LogP contribution is 2.35. The molecule has 24 aromatic heterocycles. The van der Waals surface area contributed by atoms with Gasteiger partial charge in [-0.2, -0.15) is 0 Å². The summed E-state index contributed by atoms with van der Waals surface area (Å²) in [7, 11) is 0. The lowest BCUT2D eigenvalue weighted by atomic mass is 10.1. The molecule has 0 unspecified atom stereocenters. The third kappa shape index (κ3) is 18.7. The maximum absolute atomic E-state index is 11.5. The Morgan fingerprint density at radius 1 is 0.317 bits per heavy atom. The molecule has 24 aromatic rings. The molecule has 0 bridgehead atoms. The topological polar surface area (TPSA) is 471 Å². The Hall–Kier alpha value is -19.3. The number of fused-ring (bicyclic) bond motifs is 6. The first-order valence-electron chi connectivity index (χ1n) is 42.8. The lowest BCUT2D eigenvalue weighted by Crippen LogP contribution is -2.13. The Morgan fingerprint density at radius 2 is 0.647 bits per heavy atom. The minimum atomic E-state index is -1.02. The summed E-state index contributed by atoms with van der Waals surface area (Å²) in [6, 6.07) is 57.7. The zero-order chi connectivity index (χ0) is 96.1. The van der Waals surface area contributed by atoms with E-state index in [1.807, 2.05) is 294 Å². The lowest BCUT2D eigenvalue weighted by molar-refractivity contribution is 0.0688. The Kier molecular flexibility index (Phi) is 24.6. The highest BCUT2D eigenvalue weighted by molar-refractivity contribution is 9.10. The number of hydrogen-bond acceptors (Lipinski definition) is 24.